The molecule has 1 aliphatic rings. The Kier molecular flexibility index (Phi) is 6.92. The molecule has 1 aliphatic carbocycles. The third-order valence-corrected chi connectivity index (χ3v) is 5.16. The second-order valence-corrected chi connectivity index (χ2v) is 6.05. The molecule has 0 bridgehead atoms. The Hall–Kier alpha value is -0.260. The number of hydrogen-bond donors (Lipinski definition) is 0. The molecule has 0 aromatic rings. The Bertz CT molecular complexity index is 200. The second-order valence-electron chi connectivity index (χ2n) is 6.05. The molecule has 17 heavy (non-hydrogen) atoms. The van der Waals surface area contributed by atoms with Gasteiger partial charge in [-0.25, -0.2) is 0 Å². The highest BCUT2D eigenvalue weighted by atomic mass is 14.3. The van der Waals surface area contributed by atoms with Crippen LogP contribution in [0.15, 0.2) is 12.7 Å². The van der Waals surface area contributed by atoms with Crippen molar-refractivity contribution in [2.24, 2.45) is 11.3 Å². The van der Waals surface area contributed by atoms with Gasteiger partial charge in [-0.15, -0.1) is 6.58 Å². The molecule has 100 valence electrons. The van der Waals surface area contributed by atoms with Crippen LogP contribution in [-0.2, 0) is 0 Å². The van der Waals surface area contributed by atoms with Gasteiger partial charge < -0.3 is 0 Å². The van der Waals surface area contributed by atoms with Gasteiger partial charge in [-0.05, 0) is 37.0 Å². The van der Waals surface area contributed by atoms with Gasteiger partial charge in [0.2, 0.25) is 0 Å². The van der Waals surface area contributed by atoms with E-state index in [0.717, 1.165) is 5.92 Å². The molecule has 1 saturated carbocycles. The third-order valence-electron chi connectivity index (χ3n) is 5.16. The maximum absolute atomic E-state index is 4.03. The van der Waals surface area contributed by atoms with Crippen LogP contribution in [-0.4, -0.2) is 0 Å². The van der Waals surface area contributed by atoms with Crippen LogP contribution in [0, 0.1) is 11.3 Å². The Balaban J connectivity index is 2.61. The first-order valence-electron chi connectivity index (χ1n) is 7.89. The molecule has 0 nitrogen and oxygen atoms in total. The zero-order valence-electron chi connectivity index (χ0n) is 12.1. The Labute approximate surface area is 109 Å². The maximum Gasteiger partial charge on any atom is -0.0236 e. The summed E-state index contributed by atoms with van der Waals surface area (Å²) in [5.41, 5.74) is 0.644. The maximum atomic E-state index is 4.03. The fourth-order valence-electron chi connectivity index (χ4n) is 3.39. The highest BCUT2D eigenvalue weighted by Crippen LogP contribution is 2.40. The zero-order valence-corrected chi connectivity index (χ0v) is 12.1. The van der Waals surface area contributed by atoms with Crippen LogP contribution < -0.4 is 0 Å². The zero-order chi connectivity index (χ0) is 12.6. The van der Waals surface area contributed by atoms with Gasteiger partial charge >= 0.3 is 0 Å². The highest BCUT2D eigenvalue weighted by molar-refractivity contribution is 4.84. The summed E-state index contributed by atoms with van der Waals surface area (Å²) in [6.45, 7) is 8.82. The topological polar surface area (TPSA) is 0 Å². The van der Waals surface area contributed by atoms with E-state index in [0.29, 0.717) is 5.41 Å². The summed E-state index contributed by atoms with van der Waals surface area (Å²) in [7, 11) is 0. The van der Waals surface area contributed by atoms with Gasteiger partial charge in [-0.1, -0.05) is 64.9 Å². The largest absolute Gasteiger partial charge is 0.103 e. The van der Waals surface area contributed by atoms with Crippen LogP contribution in [0.2, 0.25) is 0 Å². The first kappa shape index (κ1) is 14.8. The van der Waals surface area contributed by atoms with Crippen molar-refractivity contribution in [1.82, 2.24) is 0 Å². The lowest BCUT2D eigenvalue weighted by Crippen LogP contribution is -2.20. The lowest BCUT2D eigenvalue weighted by atomic mass is 9.73. The van der Waals surface area contributed by atoms with E-state index in [1.165, 1.54) is 70.6 Å². The molecule has 0 N–H and O–H groups in total. The van der Waals surface area contributed by atoms with Gasteiger partial charge in [-0.3, -0.25) is 0 Å². The average molecular weight is 236 g/mol. The lowest BCUT2D eigenvalue weighted by molar-refractivity contribution is 0.197. The lowest BCUT2D eigenvalue weighted by Gasteiger charge is -2.33. The molecule has 0 aromatic heterocycles. The second kappa shape index (κ2) is 7.95. The molecule has 1 atom stereocenters. The predicted molar refractivity (Wildman–Crippen MR) is 78.3 cm³/mol. The quantitative estimate of drug-likeness (QED) is 0.518. The van der Waals surface area contributed by atoms with Crippen molar-refractivity contribution in [1.29, 1.82) is 0 Å². The van der Waals surface area contributed by atoms with Crippen LogP contribution in [0.3, 0.4) is 0 Å². The summed E-state index contributed by atoms with van der Waals surface area (Å²) >= 11 is 0. The van der Waals surface area contributed by atoms with Gasteiger partial charge in [0.15, 0.2) is 0 Å². The minimum Gasteiger partial charge on any atom is -0.103 e. The van der Waals surface area contributed by atoms with Crippen LogP contribution in [0.5, 0.6) is 0 Å². The van der Waals surface area contributed by atoms with Crippen LogP contribution in [0.25, 0.3) is 0 Å². The van der Waals surface area contributed by atoms with Gasteiger partial charge in [0.25, 0.3) is 0 Å². The van der Waals surface area contributed by atoms with E-state index in [-0.39, 0.29) is 0 Å². The van der Waals surface area contributed by atoms with E-state index in [2.05, 4.69) is 26.5 Å². The third kappa shape index (κ3) is 4.85. The molecule has 1 rings (SSSR count). The fourth-order valence-corrected chi connectivity index (χ4v) is 3.39. The SMILES string of the molecule is C=CC1CCCCCCCC(CC)(CC)CC1. The molecule has 0 aromatic carbocycles. The molecule has 0 amide bonds. The Morgan fingerprint density at radius 3 is 2.24 bits per heavy atom. The monoisotopic (exact) mass is 236 g/mol. The van der Waals surface area contributed by atoms with Crippen molar-refractivity contribution in [2.45, 2.75) is 84.5 Å². The Morgan fingerprint density at radius 1 is 0.941 bits per heavy atom. The van der Waals surface area contributed by atoms with Gasteiger partial charge in [-0.2, -0.15) is 0 Å². The molecule has 0 radical (unpaired) electrons. The minimum atomic E-state index is 0.644. The standard InChI is InChI=1S/C17H32/c1-4-16-12-10-8-7-9-11-14-17(5-2,6-3)15-13-16/h4,16H,1,5-15H2,2-3H3. The van der Waals surface area contributed by atoms with Crippen molar-refractivity contribution in [2.75, 3.05) is 0 Å². The average Bonchev–Trinajstić information content (AvgIpc) is 2.42. The highest BCUT2D eigenvalue weighted by Gasteiger charge is 2.26. The number of rotatable bonds is 3. The fraction of sp³-hybridized carbons (Fsp3) is 0.882. The van der Waals surface area contributed by atoms with E-state index >= 15 is 0 Å². The summed E-state index contributed by atoms with van der Waals surface area (Å²) < 4.78 is 0. The normalized spacial score (nSPS) is 27.1. The molecular formula is C17H32. The van der Waals surface area contributed by atoms with Crippen molar-refractivity contribution in [3.8, 4) is 0 Å². The molecule has 0 saturated heterocycles. The minimum absolute atomic E-state index is 0.644. The smallest absolute Gasteiger partial charge is 0.0236 e. The van der Waals surface area contributed by atoms with E-state index in [4.69, 9.17) is 0 Å². The number of hydrogen-bond acceptors (Lipinski definition) is 0. The first-order chi connectivity index (χ1) is 8.26. The summed E-state index contributed by atoms with van der Waals surface area (Å²) in [6, 6.07) is 0. The van der Waals surface area contributed by atoms with Crippen LogP contribution >= 0.6 is 0 Å². The van der Waals surface area contributed by atoms with E-state index in [9.17, 15) is 0 Å². The van der Waals surface area contributed by atoms with Gasteiger partial charge in [0.05, 0.1) is 0 Å². The summed E-state index contributed by atoms with van der Waals surface area (Å²) in [5, 5.41) is 0. The van der Waals surface area contributed by atoms with Gasteiger partial charge in [0.1, 0.15) is 0 Å². The van der Waals surface area contributed by atoms with E-state index < -0.39 is 0 Å². The van der Waals surface area contributed by atoms with Crippen LogP contribution in [0.4, 0.5) is 0 Å². The summed E-state index contributed by atoms with van der Waals surface area (Å²) in [6.07, 6.45) is 17.8. The number of allylic oxidation sites excluding steroid dienone is 1. The van der Waals surface area contributed by atoms with Gasteiger partial charge in [0, 0.05) is 0 Å². The van der Waals surface area contributed by atoms with Crippen LogP contribution in [0.1, 0.15) is 84.5 Å². The Morgan fingerprint density at radius 2 is 1.59 bits per heavy atom. The van der Waals surface area contributed by atoms with E-state index in [1.807, 2.05) is 0 Å². The molecule has 1 unspecified atom stereocenters. The molecule has 0 aliphatic heterocycles. The summed E-state index contributed by atoms with van der Waals surface area (Å²) in [5.74, 6) is 0.783. The van der Waals surface area contributed by atoms with Crippen molar-refractivity contribution < 1.29 is 0 Å². The van der Waals surface area contributed by atoms with Crippen molar-refractivity contribution >= 4 is 0 Å². The summed E-state index contributed by atoms with van der Waals surface area (Å²) in [4.78, 5) is 0. The molecule has 0 heterocycles. The molecule has 0 heteroatoms. The molecule has 1 fully saturated rings. The molecular weight excluding hydrogens is 204 g/mol. The first-order valence-corrected chi connectivity index (χ1v) is 7.89. The van der Waals surface area contributed by atoms with Crippen molar-refractivity contribution in [3.63, 3.8) is 0 Å². The molecule has 0 spiro atoms. The van der Waals surface area contributed by atoms with E-state index in [1.54, 1.807) is 0 Å². The van der Waals surface area contributed by atoms with Crippen molar-refractivity contribution in [3.05, 3.63) is 12.7 Å². The predicted octanol–water partition coefficient (Wildman–Crippen LogP) is 6.12.